The maximum atomic E-state index is 2.91. The van der Waals surface area contributed by atoms with Crippen LogP contribution in [0.1, 0.15) is 137 Å². The highest BCUT2D eigenvalue weighted by Crippen LogP contribution is 2.65. The van der Waals surface area contributed by atoms with Crippen molar-refractivity contribution in [3.63, 3.8) is 0 Å². The fourth-order valence-corrected chi connectivity index (χ4v) is 15.5. The molecule has 0 bridgehead atoms. The largest absolute Gasteiger partial charge is 0.315 e. The molecule has 0 amide bonds. The first kappa shape index (κ1) is 36.5. The average Bonchev–Trinajstić information content (AvgIpc) is 3.87. The zero-order valence-electron chi connectivity index (χ0n) is 39.1. The summed E-state index contributed by atoms with van der Waals surface area (Å²) in [6.07, 6.45) is 4.73. The molecule has 0 unspecified atom stereocenters. The monoisotopic (exact) mass is 826 g/mol. The standard InChI is InChI=1S/C61H55BN2/c1-32-33(2)63-46-24-23-41-55-52(46)62(51-35-18-12-11-17-34(35)29-38(32)53(51)63)45-31-43-50(60(9,10)28-26-58(43,5)6)48-47-49-42(57(3,4)25-27-59(49,7)8)30-44(54(47)64(55)56(45)48)61(41)39-21-15-13-19-36(39)37-20-14-16-22-40(37)61/h11-24,29-31H,25-28H2,1-10H3. The molecule has 0 atom stereocenters. The van der Waals surface area contributed by atoms with E-state index in [0.29, 0.717) is 0 Å². The third-order valence-corrected chi connectivity index (χ3v) is 18.8. The van der Waals surface area contributed by atoms with Crippen molar-refractivity contribution in [2.45, 2.75) is 122 Å². The van der Waals surface area contributed by atoms with Crippen LogP contribution in [0.4, 0.5) is 0 Å². The second-order valence-electron chi connectivity index (χ2n) is 23.7. The minimum atomic E-state index is -0.500. The van der Waals surface area contributed by atoms with E-state index in [9.17, 15) is 0 Å². The molecular formula is C61H55BN2. The van der Waals surface area contributed by atoms with E-state index in [1.54, 1.807) is 33.0 Å². The van der Waals surface area contributed by atoms with Crippen molar-refractivity contribution in [1.82, 2.24) is 9.13 Å². The summed E-state index contributed by atoms with van der Waals surface area (Å²) in [5, 5.41) is 7.25. The topological polar surface area (TPSA) is 9.86 Å². The first-order valence-electron chi connectivity index (χ1n) is 24.2. The summed E-state index contributed by atoms with van der Waals surface area (Å²) in [5.74, 6) is 0. The lowest BCUT2D eigenvalue weighted by molar-refractivity contribution is 0.333. The van der Waals surface area contributed by atoms with Gasteiger partial charge in [-0.2, -0.15) is 0 Å². The highest BCUT2D eigenvalue weighted by atomic mass is 15.1. The van der Waals surface area contributed by atoms with Gasteiger partial charge in [-0.05, 0) is 162 Å². The summed E-state index contributed by atoms with van der Waals surface area (Å²) in [6, 6.07) is 41.5. The lowest BCUT2D eigenvalue weighted by atomic mass is 9.33. The van der Waals surface area contributed by atoms with Crippen LogP contribution in [0, 0.1) is 13.8 Å². The van der Waals surface area contributed by atoms with Crippen molar-refractivity contribution in [1.29, 1.82) is 0 Å². The fourth-order valence-electron chi connectivity index (χ4n) is 15.5. The first-order chi connectivity index (χ1) is 30.6. The van der Waals surface area contributed by atoms with Gasteiger partial charge in [0.1, 0.15) is 0 Å². The van der Waals surface area contributed by atoms with Crippen LogP contribution in [0.5, 0.6) is 0 Å². The molecule has 6 aliphatic rings. The van der Waals surface area contributed by atoms with Crippen molar-refractivity contribution in [2.75, 3.05) is 0 Å². The lowest BCUT2D eigenvalue weighted by Crippen LogP contribution is -2.61. The fraction of sp³-hybridized carbons (Fsp3) is 0.311. The van der Waals surface area contributed by atoms with E-state index in [2.05, 4.69) is 181 Å². The van der Waals surface area contributed by atoms with Crippen LogP contribution >= 0.6 is 0 Å². The zero-order valence-corrected chi connectivity index (χ0v) is 39.1. The Hall–Kier alpha value is -5.80. The summed E-state index contributed by atoms with van der Waals surface area (Å²) in [5.41, 5.74) is 28.8. The number of aromatic nitrogens is 2. The number of aryl methyl sites for hydroxylation is 1. The first-order valence-corrected chi connectivity index (χ1v) is 24.2. The van der Waals surface area contributed by atoms with Gasteiger partial charge in [-0.1, -0.05) is 146 Å². The van der Waals surface area contributed by atoms with Crippen LogP contribution in [-0.4, -0.2) is 15.8 Å². The summed E-state index contributed by atoms with van der Waals surface area (Å²) in [7, 11) is 0. The Balaban J connectivity index is 1.30. The second-order valence-corrected chi connectivity index (χ2v) is 23.7. The summed E-state index contributed by atoms with van der Waals surface area (Å²) in [6.45, 7) is 25.3. The van der Waals surface area contributed by atoms with Gasteiger partial charge in [0.25, 0.3) is 6.71 Å². The van der Waals surface area contributed by atoms with E-state index in [4.69, 9.17) is 0 Å². The Morgan fingerprint density at radius 1 is 0.469 bits per heavy atom. The minimum absolute atomic E-state index is 0.000491. The van der Waals surface area contributed by atoms with Crippen LogP contribution in [0.3, 0.4) is 0 Å². The molecule has 3 aliphatic carbocycles. The van der Waals surface area contributed by atoms with Crippen molar-refractivity contribution >= 4 is 66.6 Å². The number of fused-ring (bicyclic) bond motifs is 17. The Labute approximate surface area is 377 Å². The molecule has 5 heterocycles. The maximum absolute atomic E-state index is 2.91. The van der Waals surface area contributed by atoms with E-state index in [1.165, 1.54) is 131 Å². The molecule has 0 fully saturated rings. The van der Waals surface area contributed by atoms with Gasteiger partial charge in [-0.25, -0.2) is 0 Å². The SMILES string of the molecule is Cc1c(C)n2c3c(c4ccccc4cc13)B1c3c-2ccc2c3-n3c4c1cc1c(c4c4c5c(cc(c43)C23c2ccccc2-c2ccccc23)C(C)(C)CCC5(C)C)C(C)(C)CCC1(C)C. The molecule has 1 spiro atoms. The van der Waals surface area contributed by atoms with Gasteiger partial charge < -0.3 is 9.13 Å². The predicted molar refractivity (Wildman–Crippen MR) is 271 cm³/mol. The van der Waals surface area contributed by atoms with Gasteiger partial charge in [-0.15, -0.1) is 0 Å². The van der Waals surface area contributed by atoms with E-state index >= 15 is 0 Å². The van der Waals surface area contributed by atoms with Gasteiger partial charge in [0.2, 0.25) is 0 Å². The van der Waals surface area contributed by atoms with E-state index < -0.39 is 5.41 Å². The Bertz CT molecular complexity index is 3720. The van der Waals surface area contributed by atoms with Gasteiger partial charge in [0.05, 0.1) is 10.9 Å². The quantitative estimate of drug-likeness (QED) is 0.135. The smallest absolute Gasteiger partial charge is 0.253 e. The van der Waals surface area contributed by atoms with Gasteiger partial charge in [-0.3, -0.25) is 0 Å². The Morgan fingerprint density at radius 2 is 1.05 bits per heavy atom. The molecule has 2 aromatic heterocycles. The zero-order chi connectivity index (χ0) is 43.5. The highest BCUT2D eigenvalue weighted by molar-refractivity contribution is 7.01. The molecule has 3 aliphatic heterocycles. The summed E-state index contributed by atoms with van der Waals surface area (Å²) >= 11 is 0. The van der Waals surface area contributed by atoms with Crippen molar-refractivity contribution in [2.24, 2.45) is 0 Å². The number of benzene rings is 7. The summed E-state index contributed by atoms with van der Waals surface area (Å²) in [4.78, 5) is 0. The molecule has 3 heteroatoms. The molecule has 2 nitrogen and oxygen atoms in total. The lowest BCUT2D eigenvalue weighted by Gasteiger charge is -2.47. The van der Waals surface area contributed by atoms with Gasteiger partial charge in [0.15, 0.2) is 0 Å². The molecule has 0 radical (unpaired) electrons. The Kier molecular flexibility index (Phi) is 6.18. The third-order valence-electron chi connectivity index (χ3n) is 18.8. The van der Waals surface area contributed by atoms with Crippen LogP contribution in [0.25, 0.3) is 66.0 Å². The van der Waals surface area contributed by atoms with E-state index in [1.807, 2.05) is 0 Å². The van der Waals surface area contributed by atoms with Crippen LogP contribution in [0.15, 0.2) is 103 Å². The molecule has 7 aromatic carbocycles. The minimum Gasteiger partial charge on any atom is -0.315 e. The molecule has 0 N–H and O–H groups in total. The molecular weight excluding hydrogens is 771 g/mol. The van der Waals surface area contributed by atoms with Crippen molar-refractivity contribution < 1.29 is 0 Å². The van der Waals surface area contributed by atoms with Crippen molar-refractivity contribution in [3.05, 3.63) is 159 Å². The van der Waals surface area contributed by atoms with Gasteiger partial charge >= 0.3 is 0 Å². The highest BCUT2D eigenvalue weighted by Gasteiger charge is 2.57. The second kappa shape index (κ2) is 10.8. The number of hydrogen-bond acceptors (Lipinski definition) is 0. The number of hydrogen-bond donors (Lipinski definition) is 0. The number of nitrogens with zero attached hydrogens (tertiary/aromatic N) is 2. The molecule has 9 aromatic rings. The maximum Gasteiger partial charge on any atom is 0.253 e. The molecule has 0 saturated carbocycles. The molecule has 64 heavy (non-hydrogen) atoms. The van der Waals surface area contributed by atoms with Crippen LogP contribution in [-0.2, 0) is 27.1 Å². The molecule has 15 rings (SSSR count). The summed E-state index contributed by atoms with van der Waals surface area (Å²) < 4.78 is 5.59. The molecule has 312 valence electrons. The third kappa shape index (κ3) is 3.73. The normalized spacial score (nSPS) is 19.8. The van der Waals surface area contributed by atoms with Gasteiger partial charge in [0, 0.05) is 44.3 Å². The average molecular weight is 827 g/mol. The van der Waals surface area contributed by atoms with E-state index in [-0.39, 0.29) is 28.4 Å². The predicted octanol–water partition coefficient (Wildman–Crippen LogP) is 13.0. The molecule has 0 saturated heterocycles. The van der Waals surface area contributed by atoms with Crippen molar-refractivity contribution in [3.8, 4) is 22.5 Å². The van der Waals surface area contributed by atoms with E-state index in [0.717, 1.165) is 0 Å². The van der Waals surface area contributed by atoms with Crippen LogP contribution in [0.2, 0.25) is 0 Å². The Morgan fingerprint density at radius 3 is 1.72 bits per heavy atom. The van der Waals surface area contributed by atoms with Crippen LogP contribution < -0.4 is 16.4 Å². The number of rotatable bonds is 0.